The molecular weight excluding hydrogens is 532 g/mol. The molecule has 0 aliphatic heterocycles. The summed E-state index contributed by atoms with van der Waals surface area (Å²) in [6.07, 6.45) is 4.68. The van der Waals surface area contributed by atoms with Crippen LogP contribution in [0.1, 0.15) is 71.4 Å². The number of rotatable bonds is 9. The molecule has 4 rings (SSSR count). The topological polar surface area (TPSA) is 95.3 Å². The maximum atomic E-state index is 12.9. The lowest BCUT2D eigenvalue weighted by atomic mass is 10.1. The van der Waals surface area contributed by atoms with E-state index in [1.165, 1.54) is 28.0 Å². The van der Waals surface area contributed by atoms with Crippen LogP contribution in [0, 0.1) is 6.92 Å². The van der Waals surface area contributed by atoms with Crippen molar-refractivity contribution in [1.29, 1.82) is 0 Å². The highest BCUT2D eigenvalue weighted by Gasteiger charge is 2.27. The second kappa shape index (κ2) is 12.3. The first-order valence-electron chi connectivity index (χ1n) is 12.3. The Morgan fingerprint density at radius 1 is 1.24 bits per heavy atom. The quantitative estimate of drug-likeness (QED) is 0.190. The van der Waals surface area contributed by atoms with Gasteiger partial charge < -0.3 is 19.4 Å². The zero-order chi connectivity index (χ0) is 26.5. The Morgan fingerprint density at radius 3 is 2.78 bits per heavy atom. The van der Waals surface area contributed by atoms with Gasteiger partial charge in [0.2, 0.25) is 5.91 Å². The van der Waals surface area contributed by atoms with Gasteiger partial charge in [-0.25, -0.2) is 4.79 Å². The fourth-order valence-corrected chi connectivity index (χ4v) is 6.43. The number of carbonyl (C=O) groups is 2. The van der Waals surface area contributed by atoms with Crippen molar-refractivity contribution in [2.75, 3.05) is 17.7 Å². The van der Waals surface area contributed by atoms with Crippen LogP contribution in [-0.4, -0.2) is 39.0 Å². The fourth-order valence-electron chi connectivity index (χ4n) is 4.30. The number of carbonyl (C=O) groups excluding carboxylic acids is 2. The highest BCUT2D eigenvalue weighted by Crippen LogP contribution is 2.38. The Kier molecular flexibility index (Phi) is 9.15. The van der Waals surface area contributed by atoms with Gasteiger partial charge in [-0.2, -0.15) is 0 Å². The summed E-state index contributed by atoms with van der Waals surface area (Å²) < 4.78 is 13.2. The Morgan fingerprint density at radius 2 is 2.03 bits per heavy atom. The zero-order valence-electron chi connectivity index (χ0n) is 21.4. The second-order valence-electron chi connectivity index (χ2n) is 8.90. The van der Waals surface area contributed by atoms with Gasteiger partial charge in [0, 0.05) is 16.9 Å². The van der Waals surface area contributed by atoms with Gasteiger partial charge >= 0.3 is 5.97 Å². The number of nitrogens with one attached hydrogen (secondary N) is 1. The lowest BCUT2D eigenvalue weighted by Gasteiger charge is -2.15. The average molecular weight is 563 g/mol. The molecule has 1 N–H and O–H groups in total. The lowest BCUT2D eigenvalue weighted by Crippen LogP contribution is -2.17. The molecule has 0 radical (unpaired) electrons. The first-order chi connectivity index (χ1) is 17.8. The van der Waals surface area contributed by atoms with E-state index in [-0.39, 0.29) is 23.7 Å². The predicted octanol–water partition coefficient (Wildman–Crippen LogP) is 6.15. The number of thioether (sulfide) groups is 1. The highest BCUT2D eigenvalue weighted by atomic mass is 35.5. The van der Waals surface area contributed by atoms with E-state index in [0.29, 0.717) is 38.9 Å². The van der Waals surface area contributed by atoms with E-state index >= 15 is 0 Å². The normalized spacial score (nSPS) is 14.0. The molecular formula is C26H31ClN4O4S2. The number of ether oxygens (including phenoxy) is 2. The van der Waals surface area contributed by atoms with Gasteiger partial charge in [0.25, 0.3) is 0 Å². The van der Waals surface area contributed by atoms with E-state index < -0.39 is 0 Å². The van der Waals surface area contributed by atoms with Gasteiger partial charge in [0.05, 0.1) is 17.9 Å². The van der Waals surface area contributed by atoms with Gasteiger partial charge in [-0.05, 0) is 75.8 Å². The minimum Gasteiger partial charge on any atom is -0.483 e. The molecule has 0 bridgehead atoms. The molecule has 0 spiro atoms. The molecule has 2 aromatic heterocycles. The van der Waals surface area contributed by atoms with Gasteiger partial charge in [0.15, 0.2) is 17.1 Å². The molecule has 37 heavy (non-hydrogen) atoms. The van der Waals surface area contributed by atoms with Gasteiger partial charge in [-0.3, -0.25) is 4.79 Å². The molecule has 3 aromatic rings. The first kappa shape index (κ1) is 27.5. The van der Waals surface area contributed by atoms with Crippen LogP contribution >= 0.6 is 34.7 Å². The first-order valence-corrected chi connectivity index (χ1v) is 14.5. The summed E-state index contributed by atoms with van der Waals surface area (Å²) in [7, 11) is 1.84. The second-order valence-corrected chi connectivity index (χ2v) is 11.4. The number of amides is 1. The number of hydrogen-bond acceptors (Lipinski definition) is 8. The molecule has 1 amide bonds. The molecule has 8 nitrogen and oxygen atoms in total. The van der Waals surface area contributed by atoms with E-state index in [0.717, 1.165) is 43.2 Å². The number of fused-ring (bicyclic) bond motifs is 1. The Labute approximate surface area is 230 Å². The van der Waals surface area contributed by atoms with E-state index in [1.54, 1.807) is 13.0 Å². The minimum absolute atomic E-state index is 0.127. The Hall–Kier alpha value is -2.56. The third-order valence-corrected chi connectivity index (χ3v) is 8.81. The zero-order valence-corrected chi connectivity index (χ0v) is 23.8. The molecule has 198 valence electrons. The van der Waals surface area contributed by atoms with E-state index in [2.05, 4.69) is 15.5 Å². The molecule has 1 unspecified atom stereocenters. The number of nitrogens with zero attached hydrogens (tertiary/aromatic N) is 3. The average Bonchev–Trinajstić information content (AvgIpc) is 3.30. The summed E-state index contributed by atoms with van der Waals surface area (Å²) in [5.41, 5.74) is 2.48. The molecule has 0 saturated carbocycles. The van der Waals surface area contributed by atoms with Crippen molar-refractivity contribution < 1.29 is 19.1 Å². The third-order valence-electron chi connectivity index (χ3n) is 6.16. The standard InChI is InChI=1S/C26H31ClN4O4S2/c1-5-34-25(33)22-18-9-7-6-8-10-20(18)37-24(22)28-21(32)14-36-26-30-29-23(31(26)4)16(3)35-17-11-12-19(27)15(2)13-17/h11-13,16H,5-10,14H2,1-4H3,(H,28,32). The van der Waals surface area contributed by atoms with Crippen LogP contribution in [-0.2, 0) is 29.4 Å². The Bertz CT molecular complexity index is 1290. The minimum atomic E-state index is -0.368. The largest absolute Gasteiger partial charge is 0.483 e. The van der Waals surface area contributed by atoms with Crippen LogP contribution in [0.4, 0.5) is 5.00 Å². The molecule has 1 aliphatic carbocycles. The molecule has 0 fully saturated rings. The highest BCUT2D eigenvalue weighted by molar-refractivity contribution is 7.99. The summed E-state index contributed by atoms with van der Waals surface area (Å²) in [5, 5.41) is 13.3. The van der Waals surface area contributed by atoms with Crippen LogP contribution < -0.4 is 10.1 Å². The summed E-state index contributed by atoms with van der Waals surface area (Å²) >= 11 is 8.88. The van der Waals surface area contributed by atoms with Gasteiger partial charge in [-0.1, -0.05) is 29.8 Å². The molecule has 11 heteroatoms. The number of hydrogen-bond donors (Lipinski definition) is 1. The molecule has 1 atom stereocenters. The van der Waals surface area contributed by atoms with Crippen LogP contribution in [0.15, 0.2) is 23.4 Å². The fraction of sp³-hybridized carbons (Fsp3) is 0.462. The van der Waals surface area contributed by atoms with Crippen molar-refractivity contribution in [3.05, 3.63) is 50.6 Å². The number of esters is 1. The smallest absolute Gasteiger partial charge is 0.341 e. The van der Waals surface area contributed by atoms with E-state index in [9.17, 15) is 9.59 Å². The number of aromatic nitrogens is 3. The monoisotopic (exact) mass is 562 g/mol. The maximum absolute atomic E-state index is 12.9. The van der Waals surface area contributed by atoms with Crippen molar-refractivity contribution in [3.63, 3.8) is 0 Å². The summed E-state index contributed by atoms with van der Waals surface area (Å²) in [6.45, 7) is 5.90. The van der Waals surface area contributed by atoms with E-state index in [4.69, 9.17) is 21.1 Å². The number of benzene rings is 1. The molecule has 1 aromatic carbocycles. The Balaban J connectivity index is 1.41. The number of aryl methyl sites for hydroxylation is 2. The number of anilines is 1. The van der Waals surface area contributed by atoms with E-state index in [1.807, 2.05) is 37.6 Å². The van der Waals surface area contributed by atoms with Gasteiger partial charge in [-0.15, -0.1) is 21.5 Å². The summed E-state index contributed by atoms with van der Waals surface area (Å²) in [4.78, 5) is 26.8. The van der Waals surface area contributed by atoms with Gasteiger partial charge in [0.1, 0.15) is 10.8 Å². The van der Waals surface area contributed by atoms with Crippen molar-refractivity contribution in [2.45, 2.75) is 64.1 Å². The number of thiophene rings is 1. The maximum Gasteiger partial charge on any atom is 0.341 e. The third kappa shape index (κ3) is 6.48. The molecule has 1 aliphatic rings. The van der Waals surface area contributed by atoms with Crippen LogP contribution in [0.2, 0.25) is 5.02 Å². The van der Waals surface area contributed by atoms with Crippen molar-refractivity contribution in [3.8, 4) is 5.75 Å². The van der Waals surface area contributed by atoms with Crippen molar-refractivity contribution in [1.82, 2.24) is 14.8 Å². The van der Waals surface area contributed by atoms with Crippen LogP contribution in [0.3, 0.4) is 0 Å². The van der Waals surface area contributed by atoms with Crippen molar-refractivity contribution >= 4 is 51.6 Å². The SMILES string of the molecule is CCOC(=O)c1c(NC(=O)CSc2nnc(C(C)Oc3ccc(Cl)c(C)c3)n2C)sc2c1CCCCC2. The summed E-state index contributed by atoms with van der Waals surface area (Å²) in [5.74, 6) is 0.882. The number of halogens is 1. The van der Waals surface area contributed by atoms with Crippen LogP contribution in [0.5, 0.6) is 5.75 Å². The summed E-state index contributed by atoms with van der Waals surface area (Å²) in [6, 6.07) is 5.50. The van der Waals surface area contributed by atoms with Crippen LogP contribution in [0.25, 0.3) is 0 Å². The lowest BCUT2D eigenvalue weighted by molar-refractivity contribution is -0.113. The predicted molar refractivity (Wildman–Crippen MR) is 147 cm³/mol. The van der Waals surface area contributed by atoms with Crippen molar-refractivity contribution in [2.24, 2.45) is 7.05 Å². The molecule has 0 saturated heterocycles. The molecule has 2 heterocycles.